The summed E-state index contributed by atoms with van der Waals surface area (Å²) in [6.07, 6.45) is 0. The number of nitrogen functional groups attached to an aromatic ring is 1. The number of para-hydroxylation sites is 2. The van der Waals surface area contributed by atoms with Gasteiger partial charge in [0.2, 0.25) is 11.1 Å². The lowest BCUT2D eigenvalue weighted by Crippen LogP contribution is -2.30. The molecule has 32 heavy (non-hydrogen) atoms. The van der Waals surface area contributed by atoms with Crippen molar-refractivity contribution in [3.05, 3.63) is 72.8 Å². The number of methoxy groups -OCH3 is 1. The van der Waals surface area contributed by atoms with E-state index in [1.165, 1.54) is 16.4 Å². The fraction of sp³-hybridized carbons (Fsp3) is 0.0870. The van der Waals surface area contributed by atoms with Crippen LogP contribution in [0.1, 0.15) is 0 Å². The normalized spacial score (nSPS) is 12.2. The number of hydrogen-bond donors (Lipinski definition) is 1. The van der Waals surface area contributed by atoms with Crippen molar-refractivity contribution in [3.8, 4) is 17.1 Å². The lowest BCUT2D eigenvalue weighted by atomic mass is 10.2. The van der Waals surface area contributed by atoms with Crippen LogP contribution in [0.4, 0.5) is 11.4 Å². The summed E-state index contributed by atoms with van der Waals surface area (Å²) in [6.45, 7) is 0. The lowest BCUT2D eigenvalue weighted by Gasteiger charge is -2.30. The molecule has 5 rings (SSSR count). The maximum absolute atomic E-state index is 13.3. The van der Waals surface area contributed by atoms with E-state index >= 15 is 0 Å². The van der Waals surface area contributed by atoms with Crippen molar-refractivity contribution >= 4 is 40.8 Å². The van der Waals surface area contributed by atoms with Gasteiger partial charge in [-0.3, -0.25) is 9.69 Å². The Kier molecular flexibility index (Phi) is 5.50. The molecule has 160 valence electrons. The molecular weight excluding hydrogens is 442 g/mol. The minimum Gasteiger partial charge on any atom is -0.497 e. The maximum Gasteiger partial charge on any atom is 0.242 e. The molecule has 0 atom stereocenters. The molecule has 1 amide bonds. The van der Waals surface area contributed by atoms with Crippen LogP contribution in [-0.2, 0) is 4.79 Å². The van der Waals surface area contributed by atoms with Crippen LogP contribution in [0.2, 0.25) is 0 Å². The highest BCUT2D eigenvalue weighted by molar-refractivity contribution is 8.00. The van der Waals surface area contributed by atoms with Gasteiger partial charge in [-0.25, -0.2) is 4.68 Å². The highest BCUT2D eigenvalue weighted by atomic mass is 32.2. The van der Waals surface area contributed by atoms with Gasteiger partial charge in [-0.2, -0.15) is 0 Å². The van der Waals surface area contributed by atoms with Crippen molar-refractivity contribution in [1.29, 1.82) is 0 Å². The van der Waals surface area contributed by atoms with Crippen molar-refractivity contribution in [1.82, 2.24) is 14.9 Å². The summed E-state index contributed by atoms with van der Waals surface area (Å²) in [4.78, 5) is 17.2. The number of carbonyl (C=O) groups excluding carboxylic acids is 1. The summed E-state index contributed by atoms with van der Waals surface area (Å²) in [6, 6.07) is 23.2. The van der Waals surface area contributed by atoms with E-state index in [-0.39, 0.29) is 11.7 Å². The monoisotopic (exact) mass is 461 g/mol. The number of nitrogens with two attached hydrogens (primary N) is 1. The molecule has 0 bridgehead atoms. The number of anilines is 2. The van der Waals surface area contributed by atoms with E-state index in [0.717, 1.165) is 32.5 Å². The number of ether oxygens (including phenoxy) is 1. The second kappa shape index (κ2) is 8.60. The summed E-state index contributed by atoms with van der Waals surface area (Å²) in [5.74, 6) is 7.62. The largest absolute Gasteiger partial charge is 0.497 e. The average Bonchev–Trinajstić information content (AvgIpc) is 3.21. The Bertz CT molecular complexity index is 1240. The van der Waals surface area contributed by atoms with E-state index in [9.17, 15) is 4.79 Å². The van der Waals surface area contributed by atoms with Crippen LogP contribution in [-0.4, -0.2) is 33.6 Å². The van der Waals surface area contributed by atoms with Gasteiger partial charge in [-0.05, 0) is 48.5 Å². The molecule has 1 aromatic heterocycles. The first-order valence-corrected chi connectivity index (χ1v) is 11.6. The fourth-order valence-corrected chi connectivity index (χ4v) is 5.24. The van der Waals surface area contributed by atoms with Crippen LogP contribution in [0, 0.1) is 0 Å². The summed E-state index contributed by atoms with van der Waals surface area (Å²) >= 11 is 2.93. The molecular formula is C23H19N5O2S2. The van der Waals surface area contributed by atoms with Crippen LogP contribution < -0.4 is 15.5 Å². The number of amides is 1. The molecule has 3 aromatic carbocycles. The van der Waals surface area contributed by atoms with Crippen LogP contribution >= 0.6 is 23.5 Å². The molecule has 0 radical (unpaired) electrons. The van der Waals surface area contributed by atoms with E-state index < -0.39 is 0 Å². The van der Waals surface area contributed by atoms with Crippen LogP contribution in [0.25, 0.3) is 11.4 Å². The predicted octanol–water partition coefficient (Wildman–Crippen LogP) is 4.59. The van der Waals surface area contributed by atoms with Gasteiger partial charge in [0.1, 0.15) is 5.75 Å². The van der Waals surface area contributed by atoms with E-state index in [4.69, 9.17) is 10.6 Å². The standard InChI is InChI=1S/C23H19N5O2S2/c1-30-16-12-10-15(11-13-16)22-25-26-23(28(22)24)31-14-21(29)27-17-6-2-4-8-19(17)32-20-9-5-3-7-18(20)27/h2-13H,14,24H2,1H3. The van der Waals surface area contributed by atoms with Gasteiger partial charge in [0.25, 0.3) is 0 Å². The third-order valence-corrected chi connectivity index (χ3v) is 7.08. The van der Waals surface area contributed by atoms with Crippen molar-refractivity contribution in [2.24, 2.45) is 0 Å². The summed E-state index contributed by atoms with van der Waals surface area (Å²) in [5, 5.41) is 8.86. The first-order valence-electron chi connectivity index (χ1n) is 9.82. The number of nitrogens with zero attached hydrogens (tertiary/aromatic N) is 4. The molecule has 0 spiro atoms. The summed E-state index contributed by atoms with van der Waals surface area (Å²) in [7, 11) is 1.62. The second-order valence-electron chi connectivity index (χ2n) is 6.96. The number of benzene rings is 3. The van der Waals surface area contributed by atoms with Crippen LogP contribution in [0.3, 0.4) is 0 Å². The van der Waals surface area contributed by atoms with E-state index in [1.807, 2.05) is 72.8 Å². The SMILES string of the molecule is COc1ccc(-c2nnc(SCC(=O)N3c4ccccc4Sc4ccccc43)n2N)cc1. The number of aromatic nitrogens is 3. The van der Waals surface area contributed by atoms with Crippen molar-refractivity contribution in [2.45, 2.75) is 14.9 Å². The Morgan fingerprint density at radius 1 is 0.969 bits per heavy atom. The van der Waals surface area contributed by atoms with Crippen molar-refractivity contribution < 1.29 is 9.53 Å². The van der Waals surface area contributed by atoms with Gasteiger partial charge < -0.3 is 10.6 Å². The van der Waals surface area contributed by atoms with E-state index in [1.54, 1.807) is 23.8 Å². The minimum absolute atomic E-state index is 0.0517. The smallest absolute Gasteiger partial charge is 0.242 e. The highest BCUT2D eigenvalue weighted by Gasteiger charge is 2.28. The third-order valence-electron chi connectivity index (χ3n) is 5.02. The average molecular weight is 462 g/mol. The number of rotatable bonds is 5. The number of thioether (sulfide) groups is 1. The molecule has 0 saturated carbocycles. The molecule has 4 aromatic rings. The lowest BCUT2D eigenvalue weighted by molar-refractivity contribution is -0.115. The topological polar surface area (TPSA) is 86.3 Å². The zero-order valence-electron chi connectivity index (χ0n) is 17.1. The Morgan fingerprint density at radius 2 is 1.59 bits per heavy atom. The third kappa shape index (κ3) is 3.69. The van der Waals surface area contributed by atoms with E-state index in [0.29, 0.717) is 11.0 Å². The van der Waals surface area contributed by atoms with Crippen LogP contribution in [0.5, 0.6) is 5.75 Å². The number of fused-ring (bicyclic) bond motifs is 2. The van der Waals surface area contributed by atoms with Gasteiger partial charge >= 0.3 is 0 Å². The molecule has 7 nitrogen and oxygen atoms in total. The Morgan fingerprint density at radius 3 is 2.22 bits per heavy atom. The van der Waals surface area contributed by atoms with E-state index in [2.05, 4.69) is 10.2 Å². The van der Waals surface area contributed by atoms with Gasteiger partial charge in [0.05, 0.1) is 24.2 Å². The molecule has 0 fully saturated rings. The molecule has 0 aliphatic carbocycles. The molecule has 2 N–H and O–H groups in total. The Balaban J connectivity index is 1.37. The molecule has 2 heterocycles. The number of hydrogen-bond acceptors (Lipinski definition) is 7. The highest BCUT2D eigenvalue weighted by Crippen LogP contribution is 2.48. The quantitative estimate of drug-likeness (QED) is 0.344. The van der Waals surface area contributed by atoms with Gasteiger partial charge in [0.15, 0.2) is 5.82 Å². The molecule has 0 saturated heterocycles. The van der Waals surface area contributed by atoms with Crippen molar-refractivity contribution in [2.75, 3.05) is 23.6 Å². The van der Waals surface area contributed by atoms with Gasteiger partial charge in [-0.1, -0.05) is 47.8 Å². The Hall–Kier alpha value is -3.43. The predicted molar refractivity (Wildman–Crippen MR) is 127 cm³/mol. The number of carbonyl (C=O) groups is 1. The van der Waals surface area contributed by atoms with Crippen LogP contribution in [0.15, 0.2) is 87.7 Å². The zero-order chi connectivity index (χ0) is 22.1. The minimum atomic E-state index is -0.0517. The molecule has 1 aliphatic rings. The Labute approximate surface area is 193 Å². The summed E-state index contributed by atoms with van der Waals surface area (Å²) in [5.41, 5.74) is 2.58. The first kappa shape index (κ1) is 20.5. The fourth-order valence-electron chi connectivity index (χ4n) is 3.48. The maximum atomic E-state index is 13.3. The molecule has 0 unspecified atom stereocenters. The first-order chi connectivity index (χ1) is 15.7. The van der Waals surface area contributed by atoms with Gasteiger partial charge in [0, 0.05) is 15.4 Å². The second-order valence-corrected chi connectivity index (χ2v) is 8.99. The summed E-state index contributed by atoms with van der Waals surface area (Å²) < 4.78 is 6.60. The zero-order valence-corrected chi connectivity index (χ0v) is 18.8. The van der Waals surface area contributed by atoms with Crippen molar-refractivity contribution in [3.63, 3.8) is 0 Å². The molecule has 9 heteroatoms. The molecule has 1 aliphatic heterocycles. The van der Waals surface area contributed by atoms with Gasteiger partial charge in [-0.15, -0.1) is 10.2 Å².